The van der Waals surface area contributed by atoms with E-state index in [-0.39, 0.29) is 11.3 Å². The molecule has 1 aliphatic rings. The predicted octanol–water partition coefficient (Wildman–Crippen LogP) is 5.90. The molecule has 0 fully saturated rings. The zero-order valence-corrected chi connectivity index (χ0v) is 21.6. The fraction of sp³-hybridized carbons (Fsp3) is 0.321. The SMILES string of the molecule is COc1ccc(Cn2nc(C)c(NC(=O)c3noc4c3CC(C)(c3ccccc3)CC4)c2C)cc1Cl. The molecule has 0 spiro atoms. The average Bonchev–Trinajstić information content (AvgIpc) is 3.40. The number of nitrogens with zero attached hydrogens (tertiary/aromatic N) is 3. The maximum absolute atomic E-state index is 13.4. The van der Waals surface area contributed by atoms with E-state index >= 15 is 0 Å². The molecule has 7 nitrogen and oxygen atoms in total. The second kappa shape index (κ2) is 9.47. The van der Waals surface area contributed by atoms with Crippen molar-refractivity contribution in [1.82, 2.24) is 14.9 Å². The van der Waals surface area contributed by atoms with Crippen LogP contribution in [0.15, 0.2) is 53.1 Å². The third-order valence-corrected chi connectivity index (χ3v) is 7.49. The third-order valence-electron chi connectivity index (χ3n) is 7.19. The lowest BCUT2D eigenvalue weighted by Crippen LogP contribution is -2.31. The second-order valence-corrected chi connectivity index (χ2v) is 10.1. The molecule has 186 valence electrons. The Balaban J connectivity index is 1.37. The summed E-state index contributed by atoms with van der Waals surface area (Å²) in [5.74, 6) is 1.14. The van der Waals surface area contributed by atoms with Crippen LogP contribution in [-0.4, -0.2) is 28.0 Å². The Morgan fingerprint density at radius 1 is 1.22 bits per heavy atom. The van der Waals surface area contributed by atoms with Gasteiger partial charge in [-0.25, -0.2) is 0 Å². The second-order valence-electron chi connectivity index (χ2n) is 9.66. The molecule has 1 aliphatic carbocycles. The molecule has 1 unspecified atom stereocenters. The van der Waals surface area contributed by atoms with Crippen molar-refractivity contribution < 1.29 is 14.1 Å². The molecule has 0 aliphatic heterocycles. The smallest absolute Gasteiger partial charge is 0.278 e. The maximum atomic E-state index is 13.4. The standard InChI is InChI=1S/C28H29ClN4O3/c1-17-25(18(2)33(31-17)16-19-10-11-24(35-4)22(29)14-19)30-27(34)26-21-15-28(3,13-12-23(21)36-32-26)20-8-6-5-7-9-20/h5-11,14H,12-13,15-16H2,1-4H3,(H,30,34). The summed E-state index contributed by atoms with van der Waals surface area (Å²) in [7, 11) is 1.59. The van der Waals surface area contributed by atoms with Gasteiger partial charge in [-0.05, 0) is 55.4 Å². The Labute approximate surface area is 215 Å². The first-order valence-electron chi connectivity index (χ1n) is 12.0. The number of aromatic nitrogens is 3. The van der Waals surface area contributed by atoms with Gasteiger partial charge in [0.1, 0.15) is 11.5 Å². The predicted molar refractivity (Wildman–Crippen MR) is 139 cm³/mol. The molecule has 8 heteroatoms. The van der Waals surface area contributed by atoms with Crippen molar-refractivity contribution >= 4 is 23.2 Å². The minimum absolute atomic E-state index is 0.0782. The van der Waals surface area contributed by atoms with Crippen molar-refractivity contribution in [3.63, 3.8) is 0 Å². The molecule has 5 rings (SSSR count). The summed E-state index contributed by atoms with van der Waals surface area (Å²) in [5, 5.41) is 12.4. The molecule has 0 saturated heterocycles. The summed E-state index contributed by atoms with van der Waals surface area (Å²) in [5.41, 5.74) is 5.65. The number of fused-ring (bicyclic) bond motifs is 1. The Kier molecular flexibility index (Phi) is 6.35. The summed E-state index contributed by atoms with van der Waals surface area (Å²) in [4.78, 5) is 13.4. The summed E-state index contributed by atoms with van der Waals surface area (Å²) in [6.45, 7) is 6.57. The number of carbonyl (C=O) groups excluding carboxylic acids is 1. The van der Waals surface area contributed by atoms with Crippen LogP contribution >= 0.6 is 11.6 Å². The van der Waals surface area contributed by atoms with Crippen molar-refractivity contribution in [2.24, 2.45) is 0 Å². The van der Waals surface area contributed by atoms with Gasteiger partial charge in [-0.2, -0.15) is 5.10 Å². The zero-order valence-electron chi connectivity index (χ0n) is 20.9. The lowest BCUT2D eigenvalue weighted by molar-refractivity contribution is 0.101. The number of methoxy groups -OCH3 is 1. The molecule has 1 atom stereocenters. The molecule has 1 amide bonds. The summed E-state index contributed by atoms with van der Waals surface area (Å²) in [6, 6.07) is 16.1. The van der Waals surface area contributed by atoms with E-state index in [1.165, 1.54) is 5.56 Å². The largest absolute Gasteiger partial charge is 0.495 e. The summed E-state index contributed by atoms with van der Waals surface area (Å²) >= 11 is 6.29. The number of rotatable bonds is 6. The van der Waals surface area contributed by atoms with E-state index in [2.05, 4.69) is 46.8 Å². The molecule has 2 aromatic heterocycles. The average molecular weight is 505 g/mol. The minimum atomic E-state index is -0.282. The first kappa shape index (κ1) is 24.1. The van der Waals surface area contributed by atoms with E-state index in [1.54, 1.807) is 7.11 Å². The Hall–Kier alpha value is -3.58. The Morgan fingerprint density at radius 2 is 2.00 bits per heavy atom. The normalized spacial score (nSPS) is 17.0. The number of carbonyl (C=O) groups is 1. The number of hydrogen-bond acceptors (Lipinski definition) is 5. The molecule has 4 aromatic rings. The van der Waals surface area contributed by atoms with E-state index in [4.69, 9.17) is 20.9 Å². The van der Waals surface area contributed by atoms with Gasteiger partial charge < -0.3 is 14.6 Å². The fourth-order valence-corrected chi connectivity index (χ4v) is 5.32. The van der Waals surface area contributed by atoms with Crippen molar-refractivity contribution in [1.29, 1.82) is 0 Å². The minimum Gasteiger partial charge on any atom is -0.495 e. The fourth-order valence-electron chi connectivity index (χ4n) is 5.04. The van der Waals surface area contributed by atoms with E-state index in [0.29, 0.717) is 35.1 Å². The highest BCUT2D eigenvalue weighted by molar-refractivity contribution is 6.32. The van der Waals surface area contributed by atoms with Gasteiger partial charge in [0.25, 0.3) is 5.91 Å². The number of ether oxygens (including phenoxy) is 1. The number of aryl methyl sites for hydroxylation is 2. The van der Waals surface area contributed by atoms with E-state index in [9.17, 15) is 4.79 Å². The molecule has 36 heavy (non-hydrogen) atoms. The first-order chi connectivity index (χ1) is 17.3. The van der Waals surface area contributed by atoms with Crippen molar-refractivity contribution in [2.75, 3.05) is 12.4 Å². The molecular weight excluding hydrogens is 476 g/mol. The van der Waals surface area contributed by atoms with Crippen LogP contribution in [0.5, 0.6) is 5.75 Å². The van der Waals surface area contributed by atoms with Gasteiger partial charge in [-0.1, -0.05) is 60.1 Å². The van der Waals surface area contributed by atoms with Crippen LogP contribution in [0, 0.1) is 13.8 Å². The molecule has 0 saturated carbocycles. The van der Waals surface area contributed by atoms with Crippen LogP contribution in [-0.2, 0) is 24.8 Å². The lowest BCUT2D eigenvalue weighted by Gasteiger charge is -2.33. The zero-order chi connectivity index (χ0) is 25.4. The molecular formula is C28H29ClN4O3. The van der Waals surface area contributed by atoms with Crippen LogP contribution in [0.25, 0.3) is 0 Å². The highest BCUT2D eigenvalue weighted by atomic mass is 35.5. The maximum Gasteiger partial charge on any atom is 0.278 e. The van der Waals surface area contributed by atoms with E-state index in [0.717, 1.165) is 41.1 Å². The molecule has 2 aromatic carbocycles. The van der Waals surface area contributed by atoms with Crippen molar-refractivity contribution in [3.8, 4) is 5.75 Å². The van der Waals surface area contributed by atoms with Crippen molar-refractivity contribution in [3.05, 3.63) is 93.1 Å². The highest BCUT2D eigenvalue weighted by Crippen LogP contribution is 2.39. The first-order valence-corrected chi connectivity index (χ1v) is 12.4. The molecule has 0 bridgehead atoms. The van der Waals surface area contributed by atoms with Crippen LogP contribution < -0.4 is 10.1 Å². The van der Waals surface area contributed by atoms with E-state index in [1.807, 2.05) is 42.8 Å². The van der Waals surface area contributed by atoms with Gasteiger partial charge in [-0.3, -0.25) is 9.48 Å². The van der Waals surface area contributed by atoms with Crippen LogP contribution in [0.2, 0.25) is 5.02 Å². The Morgan fingerprint density at radius 3 is 2.72 bits per heavy atom. The van der Waals surface area contributed by atoms with Crippen LogP contribution in [0.1, 0.15) is 57.7 Å². The van der Waals surface area contributed by atoms with E-state index < -0.39 is 0 Å². The summed E-state index contributed by atoms with van der Waals surface area (Å²) in [6.07, 6.45) is 2.40. The van der Waals surface area contributed by atoms with Gasteiger partial charge in [0, 0.05) is 12.0 Å². The Bertz CT molecular complexity index is 1430. The summed E-state index contributed by atoms with van der Waals surface area (Å²) < 4.78 is 12.7. The quantitative estimate of drug-likeness (QED) is 0.353. The van der Waals surface area contributed by atoms with Gasteiger partial charge >= 0.3 is 0 Å². The third kappa shape index (κ3) is 4.39. The van der Waals surface area contributed by atoms with Crippen LogP contribution in [0.4, 0.5) is 5.69 Å². The van der Waals surface area contributed by atoms with Gasteiger partial charge in [-0.15, -0.1) is 0 Å². The van der Waals surface area contributed by atoms with Crippen molar-refractivity contribution in [2.45, 2.75) is 52.0 Å². The van der Waals surface area contributed by atoms with Gasteiger partial charge in [0.05, 0.1) is 35.8 Å². The number of halogens is 1. The monoisotopic (exact) mass is 504 g/mol. The number of amides is 1. The van der Waals surface area contributed by atoms with Crippen LogP contribution in [0.3, 0.4) is 0 Å². The molecule has 1 N–H and O–H groups in total. The molecule has 0 radical (unpaired) electrons. The molecule has 2 heterocycles. The van der Waals surface area contributed by atoms with Gasteiger partial charge in [0.15, 0.2) is 5.69 Å². The highest BCUT2D eigenvalue weighted by Gasteiger charge is 2.37. The number of nitrogens with one attached hydrogen (secondary N) is 1. The lowest BCUT2D eigenvalue weighted by atomic mass is 9.70. The van der Waals surface area contributed by atoms with Gasteiger partial charge in [0.2, 0.25) is 0 Å². The number of anilines is 1. The topological polar surface area (TPSA) is 82.2 Å². The number of benzene rings is 2. The number of hydrogen-bond donors (Lipinski definition) is 1.